The van der Waals surface area contributed by atoms with Crippen LogP contribution < -0.4 is 10.4 Å². The third-order valence-electron chi connectivity index (χ3n) is 6.11. The summed E-state index contributed by atoms with van der Waals surface area (Å²) in [6.07, 6.45) is 7.73. The number of hydrogen-bond acceptors (Lipinski definition) is 2. The maximum absolute atomic E-state index is 5.97. The van der Waals surface area contributed by atoms with E-state index in [9.17, 15) is 0 Å². The predicted octanol–water partition coefficient (Wildman–Crippen LogP) is 5.06. The maximum atomic E-state index is 5.97. The largest absolute Gasteiger partial charge is 0.384 e. The highest BCUT2D eigenvalue weighted by Gasteiger charge is 2.29. The summed E-state index contributed by atoms with van der Waals surface area (Å²) in [7, 11) is 2.37. The Labute approximate surface area is 180 Å². The summed E-state index contributed by atoms with van der Waals surface area (Å²) in [5.74, 6) is 0.448. The van der Waals surface area contributed by atoms with Gasteiger partial charge in [0.05, 0.1) is 12.7 Å². The molecule has 2 aromatic carbocycles. The normalized spacial score (nSPS) is 14.7. The van der Waals surface area contributed by atoms with E-state index in [2.05, 4.69) is 74.5 Å². The summed E-state index contributed by atoms with van der Waals surface area (Å²) in [6, 6.07) is 22.3. The molecule has 0 aliphatic heterocycles. The Balaban J connectivity index is 2.16. The van der Waals surface area contributed by atoms with Gasteiger partial charge in [-0.2, -0.15) is 0 Å². The van der Waals surface area contributed by atoms with Crippen molar-refractivity contribution in [3.05, 3.63) is 60.7 Å². The van der Waals surface area contributed by atoms with Gasteiger partial charge in [0.1, 0.15) is 8.80 Å². The lowest BCUT2D eigenvalue weighted by atomic mass is 9.93. The minimum Gasteiger partial charge on any atom is -0.384 e. The molecule has 0 fully saturated rings. The van der Waals surface area contributed by atoms with Crippen molar-refractivity contribution in [2.75, 3.05) is 20.8 Å². The molecule has 2 aromatic rings. The van der Waals surface area contributed by atoms with Crippen molar-refractivity contribution < 1.29 is 9.47 Å². The predicted molar refractivity (Wildman–Crippen MR) is 128 cm³/mol. The van der Waals surface area contributed by atoms with Crippen LogP contribution in [0.3, 0.4) is 0 Å². The van der Waals surface area contributed by atoms with Gasteiger partial charge in [0.15, 0.2) is 0 Å². The second-order valence-corrected chi connectivity index (χ2v) is 11.8. The van der Waals surface area contributed by atoms with E-state index in [1.54, 1.807) is 0 Å². The third-order valence-corrected chi connectivity index (χ3v) is 9.73. The van der Waals surface area contributed by atoms with Crippen LogP contribution in [0, 0.1) is 5.92 Å². The van der Waals surface area contributed by atoms with Gasteiger partial charge < -0.3 is 9.47 Å². The molecule has 0 saturated carbocycles. The van der Waals surface area contributed by atoms with E-state index in [0.29, 0.717) is 11.5 Å². The molecule has 0 aliphatic rings. The van der Waals surface area contributed by atoms with Crippen LogP contribution >= 0.6 is 0 Å². The molecule has 0 saturated heterocycles. The van der Waals surface area contributed by atoms with Crippen LogP contribution in [0.15, 0.2) is 60.7 Å². The molecule has 0 amide bonds. The number of unbranched alkanes of at least 4 members (excludes halogenated alkanes) is 3. The van der Waals surface area contributed by atoms with Gasteiger partial charge in [-0.3, -0.25) is 0 Å². The van der Waals surface area contributed by atoms with E-state index < -0.39 is 8.80 Å². The summed E-state index contributed by atoms with van der Waals surface area (Å²) >= 11 is 0. The van der Waals surface area contributed by atoms with E-state index in [-0.39, 0.29) is 6.10 Å². The molecular weight excluding hydrogens is 372 g/mol. The zero-order valence-electron chi connectivity index (χ0n) is 18.8. The second-order valence-electron chi connectivity index (χ2n) is 8.35. The fourth-order valence-electron chi connectivity index (χ4n) is 4.64. The van der Waals surface area contributed by atoms with Gasteiger partial charge in [0.2, 0.25) is 0 Å². The number of hydrogen-bond donors (Lipinski definition) is 0. The molecule has 0 N–H and O–H groups in total. The first-order chi connectivity index (χ1) is 14.2. The molecule has 3 heteroatoms. The van der Waals surface area contributed by atoms with E-state index in [1.807, 2.05) is 14.2 Å². The highest BCUT2D eigenvalue weighted by Crippen LogP contribution is 2.27. The lowest BCUT2D eigenvalue weighted by molar-refractivity contribution is 0.00437. The van der Waals surface area contributed by atoms with Gasteiger partial charge in [-0.05, 0) is 18.4 Å². The van der Waals surface area contributed by atoms with Crippen LogP contribution in [0.2, 0.25) is 5.54 Å². The smallest absolute Gasteiger partial charge is 0.105 e. The van der Waals surface area contributed by atoms with Gasteiger partial charge in [0.25, 0.3) is 0 Å². The molecule has 0 aromatic heterocycles. The highest BCUT2D eigenvalue weighted by atomic mass is 28.3. The summed E-state index contributed by atoms with van der Waals surface area (Å²) in [6.45, 7) is 5.49. The molecule has 0 radical (unpaired) electrons. The molecule has 2 rings (SSSR count). The summed E-state index contributed by atoms with van der Waals surface area (Å²) in [5.41, 5.74) is 0.633. The molecule has 2 nitrogen and oxygen atoms in total. The van der Waals surface area contributed by atoms with Crippen LogP contribution in [0.5, 0.6) is 0 Å². The fraction of sp³-hybridized carbons (Fsp3) is 0.538. The molecule has 0 heterocycles. The molecule has 3 atom stereocenters. The van der Waals surface area contributed by atoms with Gasteiger partial charge in [0, 0.05) is 20.1 Å². The zero-order chi connectivity index (χ0) is 20.9. The average molecular weight is 413 g/mol. The van der Waals surface area contributed by atoms with Crippen molar-refractivity contribution in [2.24, 2.45) is 5.92 Å². The number of benzene rings is 2. The Hall–Kier alpha value is -1.42. The van der Waals surface area contributed by atoms with Crippen LogP contribution in [-0.2, 0) is 9.47 Å². The van der Waals surface area contributed by atoms with Gasteiger partial charge in [-0.1, -0.05) is 111 Å². The molecular formula is C26H40O2Si. The Morgan fingerprint density at radius 2 is 1.41 bits per heavy atom. The summed E-state index contributed by atoms with van der Waals surface area (Å²) in [5, 5.41) is 3.05. The van der Waals surface area contributed by atoms with Crippen LogP contribution in [0.4, 0.5) is 0 Å². The van der Waals surface area contributed by atoms with E-state index in [4.69, 9.17) is 9.47 Å². The maximum Gasteiger partial charge on any atom is 0.105 e. The van der Waals surface area contributed by atoms with Gasteiger partial charge in [-0.15, -0.1) is 0 Å². The van der Waals surface area contributed by atoms with Gasteiger partial charge in [-0.25, -0.2) is 0 Å². The number of rotatable bonds is 14. The monoisotopic (exact) mass is 412 g/mol. The molecule has 0 bridgehead atoms. The minimum atomic E-state index is -1.33. The number of ether oxygens (including phenoxy) is 2. The Morgan fingerprint density at radius 3 is 1.90 bits per heavy atom. The molecule has 29 heavy (non-hydrogen) atoms. The quantitative estimate of drug-likeness (QED) is 0.319. The van der Waals surface area contributed by atoms with E-state index in [1.165, 1.54) is 36.1 Å². The minimum absolute atomic E-state index is 0.287. The Bertz CT molecular complexity index is 607. The van der Waals surface area contributed by atoms with Crippen LogP contribution in [-0.4, -0.2) is 35.7 Å². The van der Waals surface area contributed by atoms with Crippen molar-refractivity contribution in [2.45, 2.75) is 64.0 Å². The molecule has 0 spiro atoms. The summed E-state index contributed by atoms with van der Waals surface area (Å²) in [4.78, 5) is 0. The zero-order valence-corrected chi connectivity index (χ0v) is 20.0. The van der Waals surface area contributed by atoms with E-state index >= 15 is 0 Å². The standard InChI is InChI=1S/C26H40O2Si/c1-5-6-7-14-19-26(28-4)23(21-27-3)20-22(2)29(24-15-10-8-11-16-24)25-17-12-9-13-18-25/h8-13,15-18,22-23,26,29H,5-7,14,19-21H2,1-4H3. The summed E-state index contributed by atoms with van der Waals surface area (Å²) < 4.78 is 11.6. The first-order valence-corrected chi connectivity index (χ1v) is 13.1. The van der Waals surface area contributed by atoms with E-state index in [0.717, 1.165) is 19.4 Å². The lowest BCUT2D eigenvalue weighted by Crippen LogP contribution is -2.46. The third kappa shape index (κ3) is 7.73. The Morgan fingerprint density at radius 1 is 0.828 bits per heavy atom. The van der Waals surface area contributed by atoms with Crippen LogP contribution in [0.1, 0.15) is 52.4 Å². The Kier molecular flexibility index (Phi) is 11.3. The van der Waals surface area contributed by atoms with Crippen molar-refractivity contribution in [1.82, 2.24) is 0 Å². The second kappa shape index (κ2) is 13.7. The van der Waals surface area contributed by atoms with Crippen molar-refractivity contribution in [3.63, 3.8) is 0 Å². The number of methoxy groups -OCH3 is 2. The van der Waals surface area contributed by atoms with Crippen molar-refractivity contribution in [1.29, 1.82) is 0 Å². The molecule has 3 unspecified atom stereocenters. The van der Waals surface area contributed by atoms with Crippen LogP contribution in [0.25, 0.3) is 0 Å². The van der Waals surface area contributed by atoms with Gasteiger partial charge >= 0.3 is 0 Å². The average Bonchev–Trinajstić information content (AvgIpc) is 2.75. The fourth-order valence-corrected chi connectivity index (χ4v) is 8.24. The SMILES string of the molecule is CCCCCCC(OC)C(COC)CC(C)[SiH](c1ccccc1)c1ccccc1. The molecule has 160 valence electrons. The highest BCUT2D eigenvalue weighted by molar-refractivity contribution is 6.86. The first kappa shape index (κ1) is 23.9. The molecule has 0 aliphatic carbocycles. The first-order valence-electron chi connectivity index (χ1n) is 11.3. The van der Waals surface area contributed by atoms with Crippen molar-refractivity contribution >= 4 is 19.2 Å². The topological polar surface area (TPSA) is 18.5 Å². The van der Waals surface area contributed by atoms with Crippen molar-refractivity contribution in [3.8, 4) is 0 Å². The lowest BCUT2D eigenvalue weighted by Gasteiger charge is -2.31.